The smallest absolute Gasteiger partial charge is 0.408 e. The van der Waals surface area contributed by atoms with Crippen molar-refractivity contribution in [1.82, 2.24) is 15.5 Å². The number of amides is 4. The van der Waals surface area contributed by atoms with Crippen molar-refractivity contribution in [3.05, 3.63) is 71.3 Å². The van der Waals surface area contributed by atoms with E-state index in [1.807, 2.05) is 30.3 Å². The molecule has 238 valence electrons. The summed E-state index contributed by atoms with van der Waals surface area (Å²) in [6.45, 7) is 7.81. The molecule has 2 unspecified atom stereocenters. The maximum atomic E-state index is 14.3. The van der Waals surface area contributed by atoms with Gasteiger partial charge in [-0.3, -0.25) is 14.4 Å². The van der Waals surface area contributed by atoms with Crippen molar-refractivity contribution in [1.29, 1.82) is 0 Å². The first kappa shape index (κ1) is 35.9. The molecule has 0 saturated heterocycles. The zero-order chi connectivity index (χ0) is 32.5. The zero-order valence-electron chi connectivity index (χ0n) is 26.6. The van der Waals surface area contributed by atoms with Crippen molar-refractivity contribution in [2.45, 2.75) is 103 Å². The molecule has 2 atom stereocenters. The van der Waals surface area contributed by atoms with Gasteiger partial charge in [0, 0.05) is 25.1 Å². The third-order valence-electron chi connectivity index (χ3n) is 6.97. The normalized spacial score (nSPS) is 12.3. The average molecular weight is 605 g/mol. The van der Waals surface area contributed by atoms with Crippen molar-refractivity contribution >= 4 is 23.8 Å². The highest BCUT2D eigenvalue weighted by atomic mass is 16.6. The van der Waals surface area contributed by atoms with Gasteiger partial charge in [0.2, 0.25) is 17.7 Å². The third kappa shape index (κ3) is 12.9. The van der Waals surface area contributed by atoms with E-state index in [0.29, 0.717) is 17.5 Å². The Kier molecular flexibility index (Phi) is 15.0. The lowest BCUT2D eigenvalue weighted by atomic mass is 9.99. The summed E-state index contributed by atoms with van der Waals surface area (Å²) in [5.74, 6) is 1.08. The Bertz CT molecular complexity index is 1250. The van der Waals surface area contributed by atoms with Gasteiger partial charge in [0.1, 0.15) is 17.7 Å². The number of nitrogens with one attached hydrogen (secondary N) is 2. The average Bonchev–Trinajstić information content (AvgIpc) is 2.98. The van der Waals surface area contributed by atoms with Gasteiger partial charge < -0.3 is 26.0 Å². The Balaban J connectivity index is 2.49. The fourth-order valence-corrected chi connectivity index (χ4v) is 4.74. The molecule has 4 amide bonds. The van der Waals surface area contributed by atoms with Crippen LogP contribution in [0.3, 0.4) is 0 Å². The summed E-state index contributed by atoms with van der Waals surface area (Å²) in [6.07, 6.45) is 10.4. The summed E-state index contributed by atoms with van der Waals surface area (Å²) in [7, 11) is 0. The van der Waals surface area contributed by atoms with E-state index < -0.39 is 35.6 Å². The van der Waals surface area contributed by atoms with Gasteiger partial charge in [-0.15, -0.1) is 6.42 Å². The van der Waals surface area contributed by atoms with Gasteiger partial charge in [-0.05, 0) is 56.9 Å². The molecule has 9 nitrogen and oxygen atoms in total. The molecular weight excluding hydrogens is 556 g/mol. The summed E-state index contributed by atoms with van der Waals surface area (Å²) in [4.78, 5) is 54.3. The minimum absolute atomic E-state index is 0.0468. The van der Waals surface area contributed by atoms with Crippen molar-refractivity contribution in [3.8, 4) is 12.3 Å². The number of hydrogen-bond donors (Lipinski definition) is 3. The summed E-state index contributed by atoms with van der Waals surface area (Å²) in [6, 6.07) is 14.2. The second-order valence-electron chi connectivity index (χ2n) is 11.9. The van der Waals surface area contributed by atoms with Gasteiger partial charge in [0.15, 0.2) is 0 Å². The lowest BCUT2D eigenvalue weighted by Gasteiger charge is -2.34. The topological polar surface area (TPSA) is 131 Å². The fourth-order valence-electron chi connectivity index (χ4n) is 4.74. The summed E-state index contributed by atoms with van der Waals surface area (Å²) >= 11 is 0. The molecule has 2 rings (SSSR count). The minimum atomic E-state index is -1.15. The van der Waals surface area contributed by atoms with Crippen LogP contribution in [0.4, 0.5) is 4.79 Å². The van der Waals surface area contributed by atoms with E-state index in [2.05, 4.69) is 23.5 Å². The number of unbranched alkanes of at least 4 members (excludes halogenated alkanes) is 5. The fraction of sp³-hybridized carbons (Fsp3) is 0.486. The summed E-state index contributed by atoms with van der Waals surface area (Å²) < 4.78 is 5.41. The van der Waals surface area contributed by atoms with Crippen LogP contribution in [0.25, 0.3) is 0 Å². The zero-order valence-corrected chi connectivity index (χ0v) is 26.6. The van der Waals surface area contributed by atoms with E-state index in [4.69, 9.17) is 16.9 Å². The van der Waals surface area contributed by atoms with Crippen LogP contribution < -0.4 is 16.4 Å². The molecule has 0 radical (unpaired) electrons. The lowest BCUT2D eigenvalue weighted by molar-refractivity contribution is -0.143. The number of hydrogen-bond acceptors (Lipinski definition) is 5. The Morgan fingerprint density at radius 3 is 2.18 bits per heavy atom. The molecule has 0 spiro atoms. The first-order valence-electron chi connectivity index (χ1n) is 15.4. The quantitative estimate of drug-likeness (QED) is 0.165. The molecule has 0 saturated carbocycles. The molecule has 0 fully saturated rings. The molecule has 0 bridgehead atoms. The number of primary amides is 1. The van der Waals surface area contributed by atoms with Gasteiger partial charge in [-0.25, -0.2) is 4.79 Å². The molecule has 0 aromatic heterocycles. The maximum absolute atomic E-state index is 14.3. The largest absolute Gasteiger partial charge is 0.444 e. The molecule has 0 heterocycles. The van der Waals surface area contributed by atoms with E-state index in [0.717, 1.165) is 37.7 Å². The first-order valence-corrected chi connectivity index (χ1v) is 15.4. The highest BCUT2D eigenvalue weighted by molar-refractivity contribution is 5.92. The van der Waals surface area contributed by atoms with Crippen molar-refractivity contribution < 1.29 is 23.9 Å². The Labute approximate surface area is 262 Å². The van der Waals surface area contributed by atoms with Crippen molar-refractivity contribution in [2.24, 2.45) is 5.73 Å². The number of carbonyl (C=O) groups is 4. The standard InChI is InChI=1S/C35H48N4O5/c1-6-8-9-10-11-15-24-39(33(42)29(22-23-30(36)40)38-34(43)44-35(3,4)5)31(28-20-18-26(7-2)19-21-28)32(41)37-25-27-16-13-12-14-17-27/h2,12-14,16-21,29,31H,6,8-11,15,22-25H2,1,3-5H3,(H2,36,40)(H,37,41)(H,38,43). The van der Waals surface area contributed by atoms with Crippen LogP contribution in [0.15, 0.2) is 54.6 Å². The van der Waals surface area contributed by atoms with E-state index >= 15 is 0 Å². The summed E-state index contributed by atoms with van der Waals surface area (Å²) in [5.41, 5.74) is 6.72. The maximum Gasteiger partial charge on any atom is 0.408 e. The van der Waals surface area contributed by atoms with Gasteiger partial charge in [0.05, 0.1) is 0 Å². The monoisotopic (exact) mass is 604 g/mol. The van der Waals surface area contributed by atoms with Crippen molar-refractivity contribution in [3.63, 3.8) is 0 Å². The van der Waals surface area contributed by atoms with E-state index in [9.17, 15) is 19.2 Å². The van der Waals surface area contributed by atoms with Gasteiger partial charge in [0.25, 0.3) is 0 Å². The SMILES string of the molecule is C#Cc1ccc(C(C(=O)NCc2ccccc2)N(CCCCCCCC)C(=O)C(CCC(N)=O)NC(=O)OC(C)(C)C)cc1. The first-order chi connectivity index (χ1) is 20.9. The van der Waals surface area contributed by atoms with Crippen LogP contribution in [-0.2, 0) is 25.7 Å². The van der Waals surface area contributed by atoms with Crippen LogP contribution in [0.2, 0.25) is 0 Å². The predicted octanol–water partition coefficient (Wildman–Crippen LogP) is 5.37. The van der Waals surface area contributed by atoms with E-state index in [1.54, 1.807) is 45.0 Å². The molecule has 0 aliphatic carbocycles. The molecule has 44 heavy (non-hydrogen) atoms. The summed E-state index contributed by atoms with van der Waals surface area (Å²) in [5, 5.41) is 5.61. The number of terminal acetylenes is 1. The molecule has 9 heteroatoms. The number of carbonyl (C=O) groups excluding carboxylic acids is 4. The number of nitrogens with zero attached hydrogens (tertiary/aromatic N) is 1. The number of benzene rings is 2. The van der Waals surface area contributed by atoms with Crippen LogP contribution in [0.5, 0.6) is 0 Å². The highest BCUT2D eigenvalue weighted by Gasteiger charge is 2.36. The number of rotatable bonds is 17. The molecular formula is C35H48N4O5. The predicted molar refractivity (Wildman–Crippen MR) is 172 cm³/mol. The highest BCUT2D eigenvalue weighted by Crippen LogP contribution is 2.25. The lowest BCUT2D eigenvalue weighted by Crippen LogP contribution is -2.53. The van der Waals surface area contributed by atoms with Crippen LogP contribution in [0, 0.1) is 12.3 Å². The van der Waals surface area contributed by atoms with Crippen LogP contribution in [-0.4, -0.2) is 46.9 Å². The van der Waals surface area contributed by atoms with Crippen LogP contribution in [0.1, 0.15) is 102 Å². The van der Waals surface area contributed by atoms with Gasteiger partial charge in [-0.1, -0.05) is 87.4 Å². The van der Waals surface area contributed by atoms with E-state index in [1.165, 1.54) is 4.90 Å². The van der Waals surface area contributed by atoms with Crippen LogP contribution >= 0.6 is 0 Å². The molecule has 4 N–H and O–H groups in total. The number of nitrogens with two attached hydrogens (primary N) is 1. The number of alkyl carbamates (subject to hydrolysis) is 1. The Morgan fingerprint density at radius 2 is 1.59 bits per heavy atom. The molecule has 2 aromatic carbocycles. The minimum Gasteiger partial charge on any atom is -0.444 e. The van der Waals surface area contributed by atoms with Gasteiger partial charge in [-0.2, -0.15) is 0 Å². The molecule has 0 aliphatic heterocycles. The molecule has 0 aliphatic rings. The van der Waals surface area contributed by atoms with Crippen molar-refractivity contribution in [2.75, 3.05) is 6.54 Å². The van der Waals surface area contributed by atoms with Gasteiger partial charge >= 0.3 is 6.09 Å². The molecule has 2 aromatic rings. The third-order valence-corrected chi connectivity index (χ3v) is 6.97. The Hall–Kier alpha value is -4.32. The second-order valence-corrected chi connectivity index (χ2v) is 11.9. The Morgan fingerprint density at radius 1 is 0.955 bits per heavy atom. The van der Waals surface area contributed by atoms with E-state index in [-0.39, 0.29) is 31.8 Å². The number of ether oxygens (including phenoxy) is 1. The second kappa shape index (κ2) is 18.4.